The number of pyridine rings is 1. The van der Waals surface area contributed by atoms with Gasteiger partial charge in [0.2, 0.25) is 0 Å². The lowest BCUT2D eigenvalue weighted by Crippen LogP contribution is -2.04. The van der Waals surface area contributed by atoms with E-state index in [1.165, 1.54) is 0 Å². The van der Waals surface area contributed by atoms with Crippen LogP contribution >= 0.6 is 15.9 Å². The van der Waals surface area contributed by atoms with Gasteiger partial charge in [-0.2, -0.15) is 0 Å². The van der Waals surface area contributed by atoms with Gasteiger partial charge in [-0.3, -0.25) is 4.79 Å². The monoisotopic (exact) mass is 237 g/mol. The first-order chi connectivity index (χ1) is 6.18. The van der Waals surface area contributed by atoms with E-state index in [1.54, 1.807) is 6.20 Å². The number of aromatic amines is 1. The second-order valence-electron chi connectivity index (χ2n) is 2.99. The van der Waals surface area contributed by atoms with Crippen molar-refractivity contribution in [1.29, 1.82) is 0 Å². The first-order valence-electron chi connectivity index (χ1n) is 3.96. The third-order valence-corrected chi connectivity index (χ3v) is 2.52. The molecule has 66 valence electrons. The maximum absolute atomic E-state index is 11.4. The number of hydrogen-bond acceptors (Lipinski definition) is 1. The van der Waals surface area contributed by atoms with Crippen molar-refractivity contribution in [1.82, 2.24) is 4.98 Å². The summed E-state index contributed by atoms with van der Waals surface area (Å²) >= 11 is 3.36. The zero-order valence-corrected chi connectivity index (χ0v) is 8.68. The quantitative estimate of drug-likeness (QED) is 0.751. The Morgan fingerprint density at radius 3 is 2.85 bits per heavy atom. The minimum absolute atomic E-state index is 0.0399. The molecule has 0 unspecified atom stereocenters. The highest BCUT2D eigenvalue weighted by Crippen LogP contribution is 2.20. The third kappa shape index (κ3) is 1.40. The normalized spacial score (nSPS) is 10.6. The van der Waals surface area contributed by atoms with Crippen molar-refractivity contribution < 1.29 is 0 Å². The molecule has 0 fully saturated rings. The molecular weight excluding hydrogens is 230 g/mol. The fourth-order valence-electron chi connectivity index (χ4n) is 1.44. The second kappa shape index (κ2) is 3.00. The van der Waals surface area contributed by atoms with E-state index in [0.717, 1.165) is 20.8 Å². The molecule has 0 aliphatic rings. The van der Waals surface area contributed by atoms with Gasteiger partial charge in [0.15, 0.2) is 0 Å². The zero-order chi connectivity index (χ0) is 9.42. The van der Waals surface area contributed by atoms with Crippen LogP contribution in [0.1, 0.15) is 5.56 Å². The minimum Gasteiger partial charge on any atom is -0.329 e. The SMILES string of the molecule is Cc1cc(Br)cc2c(=O)[nH]ccc12. The van der Waals surface area contributed by atoms with Gasteiger partial charge in [0.05, 0.1) is 0 Å². The molecule has 0 aliphatic heterocycles. The molecule has 0 radical (unpaired) electrons. The van der Waals surface area contributed by atoms with Crippen molar-refractivity contribution >= 4 is 26.7 Å². The molecule has 0 amide bonds. The van der Waals surface area contributed by atoms with Crippen molar-refractivity contribution in [2.75, 3.05) is 0 Å². The van der Waals surface area contributed by atoms with Crippen LogP contribution in [0.3, 0.4) is 0 Å². The predicted molar refractivity (Wildman–Crippen MR) is 57.0 cm³/mol. The van der Waals surface area contributed by atoms with Crippen LogP contribution in [0.25, 0.3) is 10.8 Å². The first kappa shape index (κ1) is 8.51. The molecular formula is C10H8BrNO. The van der Waals surface area contributed by atoms with Gasteiger partial charge in [0.1, 0.15) is 0 Å². The molecule has 0 bridgehead atoms. The van der Waals surface area contributed by atoms with Crippen LogP contribution in [0, 0.1) is 6.92 Å². The molecule has 2 aromatic rings. The van der Waals surface area contributed by atoms with Gasteiger partial charge in [0, 0.05) is 16.1 Å². The topological polar surface area (TPSA) is 32.9 Å². The van der Waals surface area contributed by atoms with Crippen LogP contribution in [0.5, 0.6) is 0 Å². The van der Waals surface area contributed by atoms with Crippen molar-refractivity contribution in [3.63, 3.8) is 0 Å². The van der Waals surface area contributed by atoms with E-state index >= 15 is 0 Å². The summed E-state index contributed by atoms with van der Waals surface area (Å²) < 4.78 is 0.939. The number of benzene rings is 1. The van der Waals surface area contributed by atoms with Gasteiger partial charge in [-0.05, 0) is 36.1 Å². The van der Waals surface area contributed by atoms with Gasteiger partial charge in [0.25, 0.3) is 5.56 Å². The molecule has 3 heteroatoms. The summed E-state index contributed by atoms with van der Waals surface area (Å²) in [7, 11) is 0. The van der Waals surface area contributed by atoms with E-state index in [2.05, 4.69) is 20.9 Å². The summed E-state index contributed by atoms with van der Waals surface area (Å²) in [5, 5.41) is 1.74. The van der Waals surface area contributed by atoms with Gasteiger partial charge in [-0.25, -0.2) is 0 Å². The average molecular weight is 238 g/mol. The van der Waals surface area contributed by atoms with Crippen LogP contribution in [0.15, 0.2) is 33.7 Å². The van der Waals surface area contributed by atoms with Gasteiger partial charge in [-0.15, -0.1) is 0 Å². The third-order valence-electron chi connectivity index (χ3n) is 2.06. The van der Waals surface area contributed by atoms with E-state index in [4.69, 9.17) is 0 Å². The Morgan fingerprint density at radius 1 is 1.31 bits per heavy atom. The number of H-pyrrole nitrogens is 1. The van der Waals surface area contributed by atoms with E-state index < -0.39 is 0 Å². The summed E-state index contributed by atoms with van der Waals surface area (Å²) in [6.07, 6.45) is 1.67. The summed E-state index contributed by atoms with van der Waals surface area (Å²) in [6.45, 7) is 1.99. The Bertz CT molecular complexity index is 516. The molecule has 1 aromatic carbocycles. The number of fused-ring (bicyclic) bond motifs is 1. The average Bonchev–Trinajstić information content (AvgIpc) is 2.07. The maximum atomic E-state index is 11.4. The summed E-state index contributed by atoms with van der Waals surface area (Å²) in [6, 6.07) is 5.75. The Balaban J connectivity index is 3.03. The molecule has 2 nitrogen and oxygen atoms in total. The first-order valence-corrected chi connectivity index (χ1v) is 4.75. The number of hydrogen-bond donors (Lipinski definition) is 1. The minimum atomic E-state index is -0.0399. The highest BCUT2D eigenvalue weighted by atomic mass is 79.9. The maximum Gasteiger partial charge on any atom is 0.255 e. The fourth-order valence-corrected chi connectivity index (χ4v) is 2.01. The van der Waals surface area contributed by atoms with Crippen LogP contribution in [0.2, 0.25) is 0 Å². The van der Waals surface area contributed by atoms with Crippen LogP contribution in [-0.2, 0) is 0 Å². The number of rotatable bonds is 0. The van der Waals surface area contributed by atoms with Crippen LogP contribution in [0.4, 0.5) is 0 Å². The number of halogens is 1. The summed E-state index contributed by atoms with van der Waals surface area (Å²) in [4.78, 5) is 14.1. The highest BCUT2D eigenvalue weighted by Gasteiger charge is 2.01. The predicted octanol–water partition coefficient (Wildman–Crippen LogP) is 2.60. The molecule has 0 saturated carbocycles. The van der Waals surface area contributed by atoms with Crippen molar-refractivity contribution in [2.45, 2.75) is 6.92 Å². The Hall–Kier alpha value is -1.09. The van der Waals surface area contributed by atoms with Crippen LogP contribution < -0.4 is 5.56 Å². The Kier molecular flexibility index (Phi) is 1.96. The van der Waals surface area contributed by atoms with Crippen molar-refractivity contribution in [2.24, 2.45) is 0 Å². The number of nitrogens with one attached hydrogen (secondary N) is 1. The number of aryl methyl sites for hydroxylation is 1. The molecule has 2 rings (SSSR count). The van der Waals surface area contributed by atoms with E-state index in [-0.39, 0.29) is 5.56 Å². The molecule has 0 spiro atoms. The lowest BCUT2D eigenvalue weighted by atomic mass is 10.1. The smallest absolute Gasteiger partial charge is 0.255 e. The van der Waals surface area contributed by atoms with Crippen molar-refractivity contribution in [3.8, 4) is 0 Å². The molecule has 1 aromatic heterocycles. The number of aromatic nitrogens is 1. The lowest BCUT2D eigenvalue weighted by molar-refractivity contribution is 1.27. The largest absolute Gasteiger partial charge is 0.329 e. The molecule has 1 N–H and O–H groups in total. The Morgan fingerprint density at radius 2 is 2.08 bits per heavy atom. The van der Waals surface area contributed by atoms with E-state index in [1.807, 2.05) is 25.1 Å². The standard InChI is InChI=1S/C10H8BrNO/c1-6-4-7(11)5-9-8(6)2-3-12-10(9)13/h2-5H,1H3,(H,12,13). The molecule has 1 heterocycles. The van der Waals surface area contributed by atoms with E-state index in [0.29, 0.717) is 0 Å². The van der Waals surface area contributed by atoms with Gasteiger partial charge < -0.3 is 4.98 Å². The Labute approximate surface area is 83.7 Å². The van der Waals surface area contributed by atoms with Gasteiger partial charge in [-0.1, -0.05) is 15.9 Å². The fraction of sp³-hybridized carbons (Fsp3) is 0.100. The van der Waals surface area contributed by atoms with Crippen molar-refractivity contribution in [3.05, 3.63) is 44.8 Å². The molecule has 0 aliphatic carbocycles. The lowest BCUT2D eigenvalue weighted by Gasteiger charge is -2.01. The molecule has 0 saturated heterocycles. The zero-order valence-electron chi connectivity index (χ0n) is 7.10. The van der Waals surface area contributed by atoms with Crippen LogP contribution in [-0.4, -0.2) is 4.98 Å². The summed E-state index contributed by atoms with van der Waals surface area (Å²) in [5.74, 6) is 0. The second-order valence-corrected chi connectivity index (χ2v) is 3.91. The summed E-state index contributed by atoms with van der Waals surface area (Å²) in [5.41, 5.74) is 1.07. The van der Waals surface area contributed by atoms with Gasteiger partial charge >= 0.3 is 0 Å². The molecule has 13 heavy (non-hydrogen) atoms. The van der Waals surface area contributed by atoms with E-state index in [9.17, 15) is 4.79 Å². The molecule has 0 atom stereocenters. The highest BCUT2D eigenvalue weighted by molar-refractivity contribution is 9.10.